The SMILES string of the molecule is CC1(NC(=O)c2cc(S(N)(=O)=O)c(F)cc2F)CCCC1. The minimum absolute atomic E-state index is 0.353. The van der Waals surface area contributed by atoms with Gasteiger partial charge in [0, 0.05) is 11.6 Å². The first-order valence-corrected chi connectivity index (χ1v) is 8.01. The lowest BCUT2D eigenvalue weighted by Gasteiger charge is -2.25. The second-order valence-electron chi connectivity index (χ2n) is 5.53. The Hall–Kier alpha value is -1.54. The topological polar surface area (TPSA) is 89.3 Å². The fraction of sp³-hybridized carbons (Fsp3) is 0.462. The average Bonchev–Trinajstić information content (AvgIpc) is 2.73. The van der Waals surface area contributed by atoms with Crippen molar-refractivity contribution in [1.82, 2.24) is 5.32 Å². The van der Waals surface area contributed by atoms with Crippen LogP contribution in [0.1, 0.15) is 43.0 Å². The van der Waals surface area contributed by atoms with Crippen LogP contribution in [0.15, 0.2) is 17.0 Å². The maximum atomic E-state index is 13.7. The number of sulfonamides is 1. The number of nitrogens with one attached hydrogen (secondary N) is 1. The second kappa shape index (κ2) is 5.34. The van der Waals surface area contributed by atoms with Gasteiger partial charge in [-0.1, -0.05) is 12.8 Å². The van der Waals surface area contributed by atoms with Gasteiger partial charge in [0.2, 0.25) is 10.0 Å². The highest BCUT2D eigenvalue weighted by Crippen LogP contribution is 2.29. The molecule has 1 saturated carbocycles. The first-order valence-electron chi connectivity index (χ1n) is 6.47. The van der Waals surface area contributed by atoms with Gasteiger partial charge in [-0.25, -0.2) is 22.3 Å². The zero-order chi connectivity index (χ0) is 15.8. The van der Waals surface area contributed by atoms with Crippen molar-refractivity contribution in [3.63, 3.8) is 0 Å². The molecule has 1 aliphatic rings. The summed E-state index contributed by atoms with van der Waals surface area (Å²) >= 11 is 0. The van der Waals surface area contributed by atoms with Crippen LogP contribution in [0.4, 0.5) is 8.78 Å². The lowest BCUT2D eigenvalue weighted by Crippen LogP contribution is -2.44. The summed E-state index contributed by atoms with van der Waals surface area (Å²) in [5.74, 6) is -3.22. The number of benzene rings is 1. The van der Waals surface area contributed by atoms with E-state index >= 15 is 0 Å². The molecule has 8 heteroatoms. The van der Waals surface area contributed by atoms with Crippen LogP contribution in [0.25, 0.3) is 0 Å². The highest BCUT2D eigenvalue weighted by atomic mass is 32.2. The third kappa shape index (κ3) is 3.38. The lowest BCUT2D eigenvalue weighted by atomic mass is 10.00. The van der Waals surface area contributed by atoms with Crippen molar-refractivity contribution >= 4 is 15.9 Å². The van der Waals surface area contributed by atoms with Crippen LogP contribution in [0.3, 0.4) is 0 Å². The zero-order valence-electron chi connectivity index (χ0n) is 11.4. The van der Waals surface area contributed by atoms with Crippen LogP contribution in [0.2, 0.25) is 0 Å². The molecule has 1 fully saturated rings. The van der Waals surface area contributed by atoms with Crippen LogP contribution < -0.4 is 10.5 Å². The first-order chi connectivity index (χ1) is 9.62. The number of hydrogen-bond acceptors (Lipinski definition) is 3. The Balaban J connectivity index is 2.37. The summed E-state index contributed by atoms with van der Waals surface area (Å²) in [4.78, 5) is 11.2. The number of primary sulfonamides is 1. The molecule has 0 heterocycles. The number of halogens is 2. The Morgan fingerprint density at radius 3 is 2.33 bits per heavy atom. The molecule has 3 N–H and O–H groups in total. The third-order valence-corrected chi connectivity index (χ3v) is 4.62. The fourth-order valence-electron chi connectivity index (χ4n) is 2.54. The molecule has 1 aromatic rings. The highest BCUT2D eigenvalue weighted by molar-refractivity contribution is 7.89. The summed E-state index contributed by atoms with van der Waals surface area (Å²) in [5, 5.41) is 7.52. The van der Waals surface area contributed by atoms with Crippen molar-refractivity contribution in [2.75, 3.05) is 0 Å². The van der Waals surface area contributed by atoms with Crippen molar-refractivity contribution in [2.45, 2.75) is 43.0 Å². The van der Waals surface area contributed by atoms with E-state index in [0.29, 0.717) is 12.1 Å². The quantitative estimate of drug-likeness (QED) is 0.888. The molecule has 0 saturated heterocycles. The normalized spacial score (nSPS) is 17.7. The van der Waals surface area contributed by atoms with Crippen molar-refractivity contribution in [1.29, 1.82) is 0 Å². The van der Waals surface area contributed by atoms with Crippen molar-refractivity contribution in [2.24, 2.45) is 5.14 Å². The Bertz CT molecular complexity index is 683. The van der Waals surface area contributed by atoms with Crippen molar-refractivity contribution < 1.29 is 22.0 Å². The minimum Gasteiger partial charge on any atom is -0.347 e. The van der Waals surface area contributed by atoms with Crippen LogP contribution in [0.5, 0.6) is 0 Å². The van der Waals surface area contributed by atoms with E-state index in [2.05, 4.69) is 5.32 Å². The van der Waals surface area contributed by atoms with E-state index in [1.54, 1.807) is 0 Å². The maximum absolute atomic E-state index is 13.7. The standard InChI is InChI=1S/C13H16F2N2O3S/c1-13(4-2-3-5-13)17-12(18)8-6-11(21(16,19)20)10(15)7-9(8)14/h6-7H,2-5H2,1H3,(H,17,18)(H2,16,19,20). The fourth-order valence-corrected chi connectivity index (χ4v) is 3.16. The number of hydrogen-bond donors (Lipinski definition) is 2. The number of amides is 1. The van der Waals surface area contributed by atoms with E-state index < -0.39 is 43.6 Å². The Kier molecular flexibility index (Phi) is 4.03. The molecule has 0 bridgehead atoms. The van der Waals surface area contributed by atoms with E-state index in [1.807, 2.05) is 6.92 Å². The molecule has 0 unspecified atom stereocenters. The number of carbonyl (C=O) groups excluding carboxylic acids is 1. The highest BCUT2D eigenvalue weighted by Gasteiger charge is 2.32. The Morgan fingerprint density at radius 1 is 1.24 bits per heavy atom. The van der Waals surface area contributed by atoms with Gasteiger partial charge in [0.25, 0.3) is 5.91 Å². The van der Waals surface area contributed by atoms with Crippen LogP contribution in [-0.2, 0) is 10.0 Å². The van der Waals surface area contributed by atoms with E-state index in [-0.39, 0.29) is 0 Å². The lowest BCUT2D eigenvalue weighted by molar-refractivity contribution is 0.0903. The number of nitrogens with two attached hydrogens (primary N) is 1. The van der Waals surface area contributed by atoms with Gasteiger partial charge >= 0.3 is 0 Å². The summed E-state index contributed by atoms with van der Waals surface area (Å²) < 4.78 is 49.6. The van der Waals surface area contributed by atoms with Crippen molar-refractivity contribution in [3.05, 3.63) is 29.3 Å². The predicted octanol–water partition coefficient (Wildman–Crippen LogP) is 1.67. The molecule has 21 heavy (non-hydrogen) atoms. The molecular weight excluding hydrogens is 302 g/mol. The van der Waals surface area contributed by atoms with Crippen LogP contribution >= 0.6 is 0 Å². The molecule has 0 aromatic heterocycles. The van der Waals surface area contributed by atoms with Gasteiger partial charge in [0.15, 0.2) is 0 Å². The smallest absolute Gasteiger partial charge is 0.254 e. The van der Waals surface area contributed by atoms with E-state index in [9.17, 15) is 22.0 Å². The first kappa shape index (κ1) is 15.8. The molecule has 1 aliphatic carbocycles. The summed E-state index contributed by atoms with van der Waals surface area (Å²) in [6.07, 6.45) is 3.41. The summed E-state index contributed by atoms with van der Waals surface area (Å²) in [5.41, 5.74) is -0.992. The Morgan fingerprint density at radius 2 is 1.81 bits per heavy atom. The number of carbonyl (C=O) groups is 1. The second-order valence-corrected chi connectivity index (χ2v) is 7.06. The molecule has 1 aromatic carbocycles. The monoisotopic (exact) mass is 318 g/mol. The third-order valence-electron chi connectivity index (χ3n) is 3.70. The summed E-state index contributed by atoms with van der Waals surface area (Å²) in [7, 11) is -4.37. The molecule has 116 valence electrons. The zero-order valence-corrected chi connectivity index (χ0v) is 12.3. The van der Waals surface area contributed by atoms with E-state index in [4.69, 9.17) is 5.14 Å². The van der Waals surface area contributed by atoms with Gasteiger partial charge in [-0.05, 0) is 25.8 Å². The molecular formula is C13H16F2N2O3S. The van der Waals surface area contributed by atoms with Crippen LogP contribution in [0, 0.1) is 11.6 Å². The summed E-state index contributed by atoms with van der Waals surface area (Å²) in [6.45, 7) is 1.83. The summed E-state index contributed by atoms with van der Waals surface area (Å²) in [6, 6.07) is 0.985. The average molecular weight is 318 g/mol. The van der Waals surface area contributed by atoms with E-state index in [1.165, 1.54) is 0 Å². The molecule has 0 aliphatic heterocycles. The van der Waals surface area contributed by atoms with Gasteiger partial charge in [0.05, 0.1) is 5.56 Å². The Labute approximate surface area is 121 Å². The molecule has 2 rings (SSSR count). The molecule has 0 radical (unpaired) electrons. The number of rotatable bonds is 3. The molecule has 0 atom stereocenters. The van der Waals surface area contributed by atoms with E-state index in [0.717, 1.165) is 25.7 Å². The molecule has 5 nitrogen and oxygen atoms in total. The largest absolute Gasteiger partial charge is 0.347 e. The maximum Gasteiger partial charge on any atom is 0.254 e. The van der Waals surface area contributed by atoms with Gasteiger partial charge < -0.3 is 5.32 Å². The predicted molar refractivity (Wildman–Crippen MR) is 72.1 cm³/mol. The van der Waals surface area contributed by atoms with Crippen LogP contribution in [-0.4, -0.2) is 19.9 Å². The van der Waals surface area contributed by atoms with Gasteiger partial charge in [-0.3, -0.25) is 4.79 Å². The van der Waals surface area contributed by atoms with Gasteiger partial charge in [-0.15, -0.1) is 0 Å². The molecule has 0 spiro atoms. The minimum atomic E-state index is -4.37. The van der Waals surface area contributed by atoms with Gasteiger partial charge in [-0.2, -0.15) is 0 Å². The van der Waals surface area contributed by atoms with Crippen molar-refractivity contribution in [3.8, 4) is 0 Å². The van der Waals surface area contributed by atoms with Gasteiger partial charge in [0.1, 0.15) is 16.5 Å². The molecule has 1 amide bonds.